The smallest absolute Gasteiger partial charge is 0.338 e. The number of amides is 3. The van der Waals surface area contributed by atoms with Gasteiger partial charge in [0.1, 0.15) is 23.8 Å². The van der Waals surface area contributed by atoms with Gasteiger partial charge in [-0.1, -0.05) is 18.2 Å². The molecule has 1 fully saturated rings. The Labute approximate surface area is 211 Å². The number of hydrogen-bond acceptors (Lipinski definition) is 8. The zero-order valence-electron chi connectivity index (χ0n) is 19.5. The van der Waals surface area contributed by atoms with E-state index in [1.165, 1.54) is 13.2 Å². The number of ether oxygens (including phenoxy) is 2. The fourth-order valence-corrected chi connectivity index (χ4v) is 4.29. The molecule has 1 aliphatic heterocycles. The molecule has 184 valence electrons. The fraction of sp³-hybridized carbons (Fsp3) is 0.154. The van der Waals surface area contributed by atoms with Crippen molar-refractivity contribution in [1.29, 1.82) is 0 Å². The number of nitrogens with zero attached hydrogens (tertiary/aromatic N) is 1. The number of benzene rings is 2. The summed E-state index contributed by atoms with van der Waals surface area (Å²) in [6.07, 6.45) is 1.43. The van der Waals surface area contributed by atoms with Crippen molar-refractivity contribution in [2.45, 2.75) is 6.92 Å². The number of hydrogen-bond donors (Lipinski definition) is 1. The van der Waals surface area contributed by atoms with Crippen molar-refractivity contribution in [3.8, 4) is 17.1 Å². The van der Waals surface area contributed by atoms with E-state index >= 15 is 0 Å². The summed E-state index contributed by atoms with van der Waals surface area (Å²) < 4.78 is 16.0. The second kappa shape index (κ2) is 11.0. The minimum Gasteiger partial charge on any atom is -0.494 e. The molecule has 10 heteroatoms. The summed E-state index contributed by atoms with van der Waals surface area (Å²) in [4.78, 5) is 50.7. The van der Waals surface area contributed by atoms with Gasteiger partial charge in [0.15, 0.2) is 0 Å². The summed E-state index contributed by atoms with van der Waals surface area (Å²) in [5.74, 6) is -0.234. The number of nitrogens with one attached hydrogen (secondary N) is 1. The van der Waals surface area contributed by atoms with Crippen LogP contribution in [0.4, 0.5) is 10.5 Å². The van der Waals surface area contributed by atoms with Crippen molar-refractivity contribution in [3.63, 3.8) is 0 Å². The van der Waals surface area contributed by atoms with Gasteiger partial charge in [0, 0.05) is 17.3 Å². The Morgan fingerprint density at radius 1 is 1.06 bits per heavy atom. The summed E-state index contributed by atoms with van der Waals surface area (Å²) in [5.41, 5.74) is 1.38. The number of thioether (sulfide) groups is 1. The fourth-order valence-electron chi connectivity index (χ4n) is 3.47. The average Bonchev–Trinajstić information content (AvgIpc) is 3.45. The highest BCUT2D eigenvalue weighted by Gasteiger charge is 2.36. The number of methoxy groups -OCH3 is 1. The molecule has 9 nitrogen and oxygen atoms in total. The van der Waals surface area contributed by atoms with Gasteiger partial charge in [0.25, 0.3) is 11.1 Å². The van der Waals surface area contributed by atoms with E-state index in [0.29, 0.717) is 52.5 Å². The maximum absolute atomic E-state index is 12.8. The maximum Gasteiger partial charge on any atom is 0.338 e. The standard InChI is InChI=1S/C26H22N2O7S/c1-3-34-17-10-8-16(9-11-17)27-23(29)15-28-24(30)22(36-26(28)32)14-18-12-13-21(35-18)19-6-4-5-7-20(19)25(31)33-2/h4-14H,3,15H2,1-2H3,(H,27,29)/b22-14+. The monoisotopic (exact) mass is 506 g/mol. The second-order valence-electron chi connectivity index (χ2n) is 7.51. The quantitative estimate of drug-likeness (QED) is 0.342. The Bertz CT molecular complexity index is 1340. The first-order chi connectivity index (χ1) is 17.4. The Morgan fingerprint density at radius 3 is 2.53 bits per heavy atom. The van der Waals surface area contributed by atoms with Crippen molar-refractivity contribution >= 4 is 46.5 Å². The third kappa shape index (κ3) is 5.49. The van der Waals surface area contributed by atoms with E-state index < -0.39 is 29.6 Å². The molecule has 0 saturated carbocycles. The molecule has 0 atom stereocenters. The highest BCUT2D eigenvalue weighted by atomic mass is 32.2. The molecule has 0 unspecified atom stereocenters. The van der Waals surface area contributed by atoms with Gasteiger partial charge < -0.3 is 19.2 Å². The first-order valence-electron chi connectivity index (χ1n) is 10.9. The molecular weight excluding hydrogens is 484 g/mol. The third-order valence-corrected chi connectivity index (χ3v) is 6.03. The van der Waals surface area contributed by atoms with Crippen molar-refractivity contribution in [1.82, 2.24) is 4.90 Å². The molecule has 4 rings (SSSR count). The Morgan fingerprint density at radius 2 is 1.81 bits per heavy atom. The number of anilines is 1. The summed E-state index contributed by atoms with van der Waals surface area (Å²) in [5, 5.41) is 2.10. The number of imide groups is 1. The van der Waals surface area contributed by atoms with Crippen LogP contribution in [0.1, 0.15) is 23.0 Å². The first kappa shape index (κ1) is 24.8. The van der Waals surface area contributed by atoms with Gasteiger partial charge >= 0.3 is 5.97 Å². The zero-order valence-corrected chi connectivity index (χ0v) is 20.3. The van der Waals surface area contributed by atoms with Gasteiger partial charge in [-0.2, -0.15) is 0 Å². The summed E-state index contributed by atoms with van der Waals surface area (Å²) in [6.45, 7) is 1.97. The largest absolute Gasteiger partial charge is 0.494 e. The normalized spacial score (nSPS) is 14.3. The average molecular weight is 507 g/mol. The molecule has 36 heavy (non-hydrogen) atoms. The Kier molecular flexibility index (Phi) is 7.55. The van der Waals surface area contributed by atoms with Gasteiger partial charge in [-0.05, 0) is 61.2 Å². The van der Waals surface area contributed by atoms with Crippen LogP contribution in [-0.4, -0.2) is 48.2 Å². The molecule has 1 aliphatic rings. The number of furan rings is 1. The molecule has 0 radical (unpaired) electrons. The SMILES string of the molecule is CCOc1ccc(NC(=O)CN2C(=O)S/C(=C/c3ccc(-c4ccccc4C(=O)OC)o3)C2=O)cc1. The Balaban J connectivity index is 1.44. The Hall–Kier alpha value is -4.31. The molecule has 1 N–H and O–H groups in total. The van der Waals surface area contributed by atoms with Crippen LogP contribution in [0.2, 0.25) is 0 Å². The molecule has 3 aromatic rings. The zero-order chi connectivity index (χ0) is 25.7. The number of carbonyl (C=O) groups is 4. The van der Waals surface area contributed by atoms with E-state index in [2.05, 4.69) is 5.32 Å². The van der Waals surface area contributed by atoms with Crippen LogP contribution >= 0.6 is 11.8 Å². The molecule has 0 aliphatic carbocycles. The van der Waals surface area contributed by atoms with Crippen molar-refractivity contribution in [2.24, 2.45) is 0 Å². The predicted octanol–water partition coefficient (Wildman–Crippen LogP) is 4.81. The summed E-state index contributed by atoms with van der Waals surface area (Å²) in [7, 11) is 1.29. The molecular formula is C26H22N2O7S. The lowest BCUT2D eigenvalue weighted by molar-refractivity contribution is -0.127. The van der Waals surface area contributed by atoms with Crippen LogP contribution in [0.3, 0.4) is 0 Å². The summed E-state index contributed by atoms with van der Waals surface area (Å²) in [6, 6.07) is 16.8. The molecule has 1 aromatic heterocycles. The molecule has 2 aromatic carbocycles. The minimum absolute atomic E-state index is 0.121. The van der Waals surface area contributed by atoms with E-state index in [9.17, 15) is 19.2 Å². The highest BCUT2D eigenvalue weighted by molar-refractivity contribution is 8.18. The van der Waals surface area contributed by atoms with Gasteiger partial charge in [0.05, 0.1) is 24.2 Å². The highest BCUT2D eigenvalue weighted by Crippen LogP contribution is 2.34. The predicted molar refractivity (Wildman–Crippen MR) is 134 cm³/mol. The van der Waals surface area contributed by atoms with E-state index in [0.717, 1.165) is 4.90 Å². The van der Waals surface area contributed by atoms with Gasteiger partial charge in [0.2, 0.25) is 5.91 Å². The van der Waals surface area contributed by atoms with E-state index in [1.807, 2.05) is 6.92 Å². The number of esters is 1. The summed E-state index contributed by atoms with van der Waals surface area (Å²) >= 11 is 0.717. The van der Waals surface area contributed by atoms with Crippen LogP contribution in [0.15, 0.2) is 70.0 Å². The van der Waals surface area contributed by atoms with Crippen LogP contribution < -0.4 is 10.1 Å². The molecule has 1 saturated heterocycles. The van der Waals surface area contributed by atoms with Crippen LogP contribution in [0.25, 0.3) is 17.4 Å². The first-order valence-corrected chi connectivity index (χ1v) is 11.8. The van der Waals surface area contributed by atoms with Gasteiger partial charge in [-0.3, -0.25) is 19.3 Å². The minimum atomic E-state index is -0.597. The molecule has 0 bridgehead atoms. The van der Waals surface area contributed by atoms with Crippen molar-refractivity contribution in [3.05, 3.63) is 76.9 Å². The van der Waals surface area contributed by atoms with Gasteiger partial charge in [-0.15, -0.1) is 0 Å². The second-order valence-corrected chi connectivity index (χ2v) is 8.51. The van der Waals surface area contributed by atoms with Crippen molar-refractivity contribution < 1.29 is 33.1 Å². The number of carbonyl (C=O) groups excluding carboxylic acids is 4. The molecule has 0 spiro atoms. The van der Waals surface area contributed by atoms with E-state index in [-0.39, 0.29) is 4.91 Å². The molecule has 2 heterocycles. The number of rotatable bonds is 8. The lowest BCUT2D eigenvalue weighted by Crippen LogP contribution is -2.36. The lowest BCUT2D eigenvalue weighted by atomic mass is 10.1. The lowest BCUT2D eigenvalue weighted by Gasteiger charge is -2.12. The van der Waals surface area contributed by atoms with E-state index in [1.54, 1.807) is 60.7 Å². The maximum atomic E-state index is 12.8. The van der Waals surface area contributed by atoms with Crippen LogP contribution in [0, 0.1) is 0 Å². The molecule has 3 amide bonds. The topological polar surface area (TPSA) is 115 Å². The van der Waals surface area contributed by atoms with Crippen LogP contribution in [0.5, 0.6) is 5.75 Å². The van der Waals surface area contributed by atoms with E-state index in [4.69, 9.17) is 13.9 Å². The van der Waals surface area contributed by atoms with Crippen LogP contribution in [-0.2, 0) is 14.3 Å². The van der Waals surface area contributed by atoms with Crippen molar-refractivity contribution in [2.75, 3.05) is 25.6 Å². The van der Waals surface area contributed by atoms with Gasteiger partial charge in [-0.25, -0.2) is 4.79 Å². The third-order valence-electron chi connectivity index (χ3n) is 5.12.